The molecule has 2 aliphatic heterocycles. The Hall–Kier alpha value is -2.83. The Morgan fingerprint density at radius 3 is 2.58 bits per heavy atom. The fraction of sp³-hybridized carbons (Fsp3) is 0.417. The van der Waals surface area contributed by atoms with Crippen molar-refractivity contribution in [3.05, 3.63) is 71.3 Å². The molecule has 1 N–H and O–H groups in total. The maximum absolute atomic E-state index is 13.4. The first kappa shape index (κ1) is 21.4. The van der Waals surface area contributed by atoms with Crippen LogP contribution in [0, 0.1) is 0 Å². The van der Waals surface area contributed by atoms with Crippen molar-refractivity contribution in [2.45, 2.75) is 62.8 Å². The first-order chi connectivity index (χ1) is 14.8. The molecule has 2 amide bonds. The van der Waals surface area contributed by atoms with Gasteiger partial charge in [-0.3, -0.25) is 9.59 Å². The third-order valence-corrected chi connectivity index (χ3v) is 6.22. The van der Waals surface area contributed by atoms with Crippen LogP contribution in [0.3, 0.4) is 0 Å². The van der Waals surface area contributed by atoms with E-state index in [-0.39, 0.29) is 30.3 Å². The summed E-state index contributed by atoms with van der Waals surface area (Å²) in [6, 6.07) is 13.5. The van der Waals surface area contributed by atoms with Crippen LogP contribution >= 0.6 is 0 Å². The van der Waals surface area contributed by atoms with Crippen LogP contribution in [0.1, 0.15) is 54.8 Å². The third kappa shape index (κ3) is 4.75. The molecule has 4 nitrogen and oxygen atoms in total. The molecule has 0 saturated carbocycles. The average molecular weight is 430 g/mol. The second-order valence-electron chi connectivity index (χ2n) is 8.33. The Morgan fingerprint density at radius 2 is 1.84 bits per heavy atom. The number of alkyl halides is 3. The zero-order chi connectivity index (χ0) is 22.0. The molecule has 2 aliphatic rings. The van der Waals surface area contributed by atoms with Gasteiger partial charge in [0.2, 0.25) is 11.8 Å². The molecule has 2 heterocycles. The van der Waals surface area contributed by atoms with Crippen LogP contribution in [0.4, 0.5) is 13.2 Å². The summed E-state index contributed by atoms with van der Waals surface area (Å²) < 4.78 is 39.9. The lowest BCUT2D eigenvalue weighted by atomic mass is 9.97. The van der Waals surface area contributed by atoms with Gasteiger partial charge in [-0.25, -0.2) is 0 Å². The minimum atomic E-state index is -4.45. The molecular weight excluding hydrogens is 405 g/mol. The number of nitrogens with zero attached hydrogens (tertiary/aromatic N) is 1. The average Bonchev–Trinajstić information content (AvgIpc) is 3.07. The molecule has 0 unspecified atom stereocenters. The van der Waals surface area contributed by atoms with Crippen molar-refractivity contribution in [1.29, 1.82) is 0 Å². The Morgan fingerprint density at radius 1 is 1.06 bits per heavy atom. The highest BCUT2D eigenvalue weighted by molar-refractivity contribution is 5.81. The first-order valence-corrected chi connectivity index (χ1v) is 10.6. The Labute approximate surface area is 179 Å². The van der Waals surface area contributed by atoms with E-state index in [1.807, 2.05) is 30.3 Å². The van der Waals surface area contributed by atoms with Gasteiger partial charge in [0, 0.05) is 6.42 Å². The van der Waals surface area contributed by atoms with Crippen molar-refractivity contribution in [3.63, 3.8) is 0 Å². The second kappa shape index (κ2) is 8.73. The summed E-state index contributed by atoms with van der Waals surface area (Å²) in [5.41, 5.74) is 0.583. The molecule has 2 saturated heterocycles. The number of nitrogens with one attached hydrogen (secondary N) is 1. The van der Waals surface area contributed by atoms with Gasteiger partial charge in [-0.05, 0) is 42.5 Å². The molecule has 4 rings (SSSR count). The summed E-state index contributed by atoms with van der Waals surface area (Å²) in [4.78, 5) is 27.4. The van der Waals surface area contributed by atoms with Gasteiger partial charge in [-0.15, -0.1) is 0 Å². The molecule has 0 spiro atoms. The third-order valence-electron chi connectivity index (χ3n) is 6.22. The molecule has 7 heteroatoms. The summed E-state index contributed by atoms with van der Waals surface area (Å²) in [7, 11) is 0. The smallest absolute Gasteiger partial charge is 0.351 e. The molecule has 0 aromatic heterocycles. The number of halogens is 3. The van der Waals surface area contributed by atoms with Gasteiger partial charge in [-0.2, -0.15) is 13.2 Å². The Balaban J connectivity index is 1.69. The topological polar surface area (TPSA) is 49.4 Å². The molecule has 0 radical (unpaired) electrons. The standard InChI is InChI=1S/C24H25F3N2O2/c25-24(26,27)18-10-6-9-17(14-18)21-15-19-20(11-4-5-12-22(30)28-19)29(21)23(31)13-16-7-2-1-3-8-16/h1-3,6-10,14,19-21H,4-5,11-13,15H2,(H,28,30)/t19-,20+,21+/m1/s1. The van der Waals surface area contributed by atoms with Crippen molar-refractivity contribution in [1.82, 2.24) is 10.2 Å². The number of hydrogen-bond donors (Lipinski definition) is 1. The van der Waals surface area contributed by atoms with Crippen LogP contribution in [-0.2, 0) is 22.2 Å². The Kier molecular flexibility index (Phi) is 6.03. The molecule has 2 aromatic carbocycles. The highest BCUT2D eigenvalue weighted by atomic mass is 19.4. The number of fused-ring (bicyclic) bond motifs is 1. The van der Waals surface area contributed by atoms with Gasteiger partial charge in [0.1, 0.15) is 0 Å². The van der Waals surface area contributed by atoms with Crippen LogP contribution in [0.2, 0.25) is 0 Å². The maximum atomic E-state index is 13.4. The number of hydrogen-bond acceptors (Lipinski definition) is 2. The minimum absolute atomic E-state index is 0.0603. The Bertz CT molecular complexity index is 945. The van der Waals surface area contributed by atoms with Crippen molar-refractivity contribution in [2.24, 2.45) is 0 Å². The second-order valence-corrected chi connectivity index (χ2v) is 8.33. The van der Waals surface area contributed by atoms with Gasteiger partial charge in [0.25, 0.3) is 0 Å². The monoisotopic (exact) mass is 430 g/mol. The van der Waals surface area contributed by atoms with E-state index in [0.29, 0.717) is 18.4 Å². The van der Waals surface area contributed by atoms with E-state index in [9.17, 15) is 22.8 Å². The summed E-state index contributed by atoms with van der Waals surface area (Å²) >= 11 is 0. The number of rotatable bonds is 3. The summed E-state index contributed by atoms with van der Waals surface area (Å²) in [5.74, 6) is -0.189. The lowest BCUT2D eigenvalue weighted by Gasteiger charge is -2.33. The maximum Gasteiger partial charge on any atom is 0.416 e. The fourth-order valence-corrected chi connectivity index (χ4v) is 4.79. The van der Waals surface area contributed by atoms with E-state index in [2.05, 4.69) is 5.32 Å². The van der Waals surface area contributed by atoms with Crippen molar-refractivity contribution < 1.29 is 22.8 Å². The van der Waals surface area contributed by atoms with Crippen LogP contribution in [-0.4, -0.2) is 28.8 Å². The predicted molar refractivity (Wildman–Crippen MR) is 110 cm³/mol. The molecule has 31 heavy (non-hydrogen) atoms. The normalized spacial score (nSPS) is 24.2. The van der Waals surface area contributed by atoms with E-state index >= 15 is 0 Å². The van der Waals surface area contributed by atoms with Gasteiger partial charge < -0.3 is 10.2 Å². The van der Waals surface area contributed by atoms with Crippen molar-refractivity contribution in [2.75, 3.05) is 0 Å². The lowest BCUT2D eigenvalue weighted by molar-refractivity contribution is -0.137. The SMILES string of the molecule is O=C1CCCC[C@H]2[C@@H](C[C@@H](c3cccc(C(F)(F)F)c3)N2C(=O)Cc2ccccc2)N1. The van der Waals surface area contributed by atoms with Gasteiger partial charge in [0.05, 0.1) is 30.1 Å². The summed E-state index contributed by atoms with van der Waals surface area (Å²) in [6.45, 7) is 0. The molecule has 2 fully saturated rings. The lowest BCUT2D eigenvalue weighted by Crippen LogP contribution is -2.48. The molecule has 0 bridgehead atoms. The molecular formula is C24H25F3N2O2. The van der Waals surface area contributed by atoms with E-state index in [1.54, 1.807) is 11.0 Å². The first-order valence-electron chi connectivity index (χ1n) is 10.6. The van der Waals surface area contributed by atoms with E-state index < -0.39 is 17.8 Å². The number of carbonyl (C=O) groups excluding carboxylic acids is 2. The van der Waals surface area contributed by atoms with Crippen LogP contribution < -0.4 is 5.32 Å². The van der Waals surface area contributed by atoms with Gasteiger partial charge >= 0.3 is 6.18 Å². The van der Waals surface area contributed by atoms with Crippen molar-refractivity contribution in [3.8, 4) is 0 Å². The van der Waals surface area contributed by atoms with E-state index in [1.165, 1.54) is 6.07 Å². The number of carbonyl (C=O) groups is 2. The van der Waals surface area contributed by atoms with Crippen molar-refractivity contribution >= 4 is 11.8 Å². The minimum Gasteiger partial charge on any atom is -0.351 e. The molecule has 3 atom stereocenters. The summed E-state index contributed by atoms with van der Waals surface area (Å²) in [5, 5.41) is 3.02. The highest BCUT2D eigenvalue weighted by Crippen LogP contribution is 2.41. The summed E-state index contributed by atoms with van der Waals surface area (Å²) in [6.07, 6.45) is -1.16. The zero-order valence-corrected chi connectivity index (χ0v) is 17.1. The van der Waals surface area contributed by atoms with E-state index in [4.69, 9.17) is 0 Å². The van der Waals surface area contributed by atoms with Crippen LogP contribution in [0.5, 0.6) is 0 Å². The van der Waals surface area contributed by atoms with Crippen LogP contribution in [0.25, 0.3) is 0 Å². The number of benzene rings is 2. The molecule has 164 valence electrons. The fourth-order valence-electron chi connectivity index (χ4n) is 4.79. The molecule has 0 aliphatic carbocycles. The largest absolute Gasteiger partial charge is 0.416 e. The van der Waals surface area contributed by atoms with Gasteiger partial charge in [-0.1, -0.05) is 48.9 Å². The van der Waals surface area contributed by atoms with Crippen LogP contribution in [0.15, 0.2) is 54.6 Å². The number of amides is 2. The van der Waals surface area contributed by atoms with Gasteiger partial charge in [0.15, 0.2) is 0 Å². The highest BCUT2D eigenvalue weighted by Gasteiger charge is 2.45. The van der Waals surface area contributed by atoms with E-state index in [0.717, 1.165) is 37.0 Å². The predicted octanol–water partition coefficient (Wildman–Crippen LogP) is 4.65. The number of likely N-dealkylation sites (tertiary alicyclic amines) is 1. The molecule has 2 aromatic rings. The quantitative estimate of drug-likeness (QED) is 0.771. The zero-order valence-electron chi connectivity index (χ0n) is 17.1.